The van der Waals surface area contributed by atoms with Crippen LogP contribution in [0.5, 0.6) is 0 Å². The molecule has 0 saturated heterocycles. The smallest absolute Gasteiger partial charge is 0.159 e. The maximum Gasteiger partial charge on any atom is 0.159 e. The van der Waals surface area contributed by atoms with E-state index in [1.807, 2.05) is 67.6 Å². The highest BCUT2D eigenvalue weighted by Gasteiger charge is 2.12. The van der Waals surface area contributed by atoms with Crippen molar-refractivity contribution in [2.45, 2.75) is 6.92 Å². The van der Waals surface area contributed by atoms with E-state index in [0.717, 1.165) is 38.9 Å². The van der Waals surface area contributed by atoms with Crippen LogP contribution >= 0.6 is 0 Å². The number of rotatable bonds is 4. The van der Waals surface area contributed by atoms with Crippen molar-refractivity contribution >= 4 is 50.5 Å². The molecule has 4 N–H and O–H groups in total. The van der Waals surface area contributed by atoms with E-state index in [2.05, 4.69) is 30.6 Å². The van der Waals surface area contributed by atoms with Gasteiger partial charge in [-0.25, -0.2) is 9.97 Å². The van der Waals surface area contributed by atoms with Crippen molar-refractivity contribution in [1.82, 2.24) is 19.9 Å². The van der Waals surface area contributed by atoms with Gasteiger partial charge >= 0.3 is 0 Å². The summed E-state index contributed by atoms with van der Waals surface area (Å²) in [6, 6.07) is 19.8. The van der Waals surface area contributed by atoms with E-state index >= 15 is 0 Å². The Labute approximate surface area is 173 Å². The third-order valence-electron chi connectivity index (χ3n) is 4.89. The summed E-state index contributed by atoms with van der Waals surface area (Å²) in [6.07, 6.45) is 3.24. The van der Waals surface area contributed by atoms with Crippen molar-refractivity contribution in [2.24, 2.45) is 0 Å². The summed E-state index contributed by atoms with van der Waals surface area (Å²) >= 11 is 0. The second-order valence-corrected chi connectivity index (χ2v) is 6.94. The molecule has 0 fully saturated rings. The number of hydrogen-bond acceptors (Lipinski definition) is 7. The van der Waals surface area contributed by atoms with Crippen LogP contribution in [-0.4, -0.2) is 19.9 Å². The third-order valence-corrected chi connectivity index (χ3v) is 4.89. The molecule has 5 rings (SSSR count). The minimum absolute atomic E-state index is 0.419. The molecule has 2 aromatic carbocycles. The van der Waals surface area contributed by atoms with Crippen LogP contribution in [-0.2, 0) is 0 Å². The third kappa shape index (κ3) is 3.22. The van der Waals surface area contributed by atoms with E-state index in [0.29, 0.717) is 17.3 Å². The van der Waals surface area contributed by atoms with Crippen LogP contribution < -0.4 is 16.4 Å². The molecular formula is C23H19N7. The summed E-state index contributed by atoms with van der Waals surface area (Å²) in [5.41, 5.74) is 11.3. The highest BCUT2D eigenvalue weighted by Crippen LogP contribution is 2.32. The number of nitrogens with zero attached hydrogens (tertiary/aromatic N) is 4. The maximum atomic E-state index is 6.41. The van der Waals surface area contributed by atoms with Crippen molar-refractivity contribution in [3.05, 3.63) is 78.9 Å². The fourth-order valence-corrected chi connectivity index (χ4v) is 3.42. The van der Waals surface area contributed by atoms with Crippen LogP contribution in [0, 0.1) is 6.92 Å². The summed E-state index contributed by atoms with van der Waals surface area (Å²) in [4.78, 5) is 17.7. The predicted molar refractivity (Wildman–Crippen MR) is 121 cm³/mol. The van der Waals surface area contributed by atoms with Gasteiger partial charge in [0.2, 0.25) is 0 Å². The monoisotopic (exact) mass is 393 g/mol. The van der Waals surface area contributed by atoms with Gasteiger partial charge < -0.3 is 16.4 Å². The molecule has 0 amide bonds. The lowest BCUT2D eigenvalue weighted by Crippen LogP contribution is -2.06. The second kappa shape index (κ2) is 7.29. The predicted octanol–water partition coefficient (Wildman–Crippen LogP) is 4.95. The molecule has 0 aliphatic heterocycles. The van der Waals surface area contributed by atoms with Gasteiger partial charge in [-0.15, -0.1) is 0 Å². The Kier molecular flexibility index (Phi) is 4.33. The summed E-state index contributed by atoms with van der Waals surface area (Å²) in [5.74, 6) is 1.04. The van der Waals surface area contributed by atoms with Gasteiger partial charge in [-0.3, -0.25) is 9.97 Å². The molecular weight excluding hydrogens is 374 g/mol. The highest BCUT2D eigenvalue weighted by atomic mass is 15.1. The number of aromatic nitrogens is 4. The lowest BCUT2D eigenvalue weighted by molar-refractivity contribution is 1.17. The fraction of sp³-hybridized carbons (Fsp3) is 0.0435. The first-order valence-electron chi connectivity index (χ1n) is 9.54. The molecule has 0 aliphatic rings. The Hall–Kier alpha value is -4.26. The van der Waals surface area contributed by atoms with E-state index in [4.69, 9.17) is 5.73 Å². The largest absolute Gasteiger partial charge is 0.393 e. The van der Waals surface area contributed by atoms with E-state index in [-0.39, 0.29) is 0 Å². The standard InChI is InChI=1S/C23H19N7/c1-14-10-11-16-17(28-14)7-3-8-18(16)29-22-20(24)23(27-13-26-22)30-19-9-2-5-15-6-4-12-25-21(15)19/h2-13H,24H2,1H3,(H2,26,27,29,30). The number of fused-ring (bicyclic) bond motifs is 2. The van der Waals surface area contributed by atoms with Gasteiger partial charge in [0.1, 0.15) is 12.0 Å². The number of pyridine rings is 2. The van der Waals surface area contributed by atoms with Gasteiger partial charge in [-0.05, 0) is 43.3 Å². The Morgan fingerprint density at radius 3 is 2.37 bits per heavy atom. The quantitative estimate of drug-likeness (QED) is 0.397. The Morgan fingerprint density at radius 1 is 0.767 bits per heavy atom. The summed E-state index contributed by atoms with van der Waals surface area (Å²) < 4.78 is 0. The first-order chi connectivity index (χ1) is 14.7. The van der Waals surface area contributed by atoms with E-state index < -0.39 is 0 Å². The molecule has 3 heterocycles. The second-order valence-electron chi connectivity index (χ2n) is 6.94. The fourth-order valence-electron chi connectivity index (χ4n) is 3.42. The normalized spacial score (nSPS) is 11.0. The number of nitrogens with two attached hydrogens (primary N) is 1. The zero-order chi connectivity index (χ0) is 20.5. The van der Waals surface area contributed by atoms with Crippen LogP contribution in [0.1, 0.15) is 5.69 Å². The molecule has 0 radical (unpaired) electrons. The molecule has 0 spiro atoms. The molecule has 0 bridgehead atoms. The molecule has 0 unspecified atom stereocenters. The number of aryl methyl sites for hydroxylation is 1. The summed E-state index contributed by atoms with van der Waals surface area (Å²) in [6.45, 7) is 1.97. The number of para-hydroxylation sites is 1. The Bertz CT molecular complexity index is 1380. The molecule has 3 aromatic heterocycles. The van der Waals surface area contributed by atoms with Gasteiger partial charge in [-0.2, -0.15) is 0 Å². The zero-order valence-electron chi connectivity index (χ0n) is 16.3. The van der Waals surface area contributed by atoms with Gasteiger partial charge in [-0.1, -0.05) is 24.3 Å². The van der Waals surface area contributed by atoms with Gasteiger partial charge in [0.15, 0.2) is 11.6 Å². The van der Waals surface area contributed by atoms with Crippen LogP contribution in [0.3, 0.4) is 0 Å². The molecule has 0 atom stereocenters. The number of anilines is 5. The Morgan fingerprint density at radius 2 is 1.50 bits per heavy atom. The molecule has 0 aliphatic carbocycles. The topological polar surface area (TPSA) is 102 Å². The van der Waals surface area contributed by atoms with Gasteiger partial charge in [0.25, 0.3) is 0 Å². The average Bonchev–Trinajstić information content (AvgIpc) is 2.76. The van der Waals surface area contributed by atoms with Crippen molar-refractivity contribution < 1.29 is 0 Å². The molecule has 0 saturated carbocycles. The molecule has 5 aromatic rings. The lowest BCUT2D eigenvalue weighted by atomic mass is 10.1. The van der Waals surface area contributed by atoms with Crippen molar-refractivity contribution in [3.8, 4) is 0 Å². The summed E-state index contributed by atoms with van der Waals surface area (Å²) in [5, 5.41) is 8.65. The van der Waals surface area contributed by atoms with Crippen LogP contribution in [0.25, 0.3) is 21.8 Å². The van der Waals surface area contributed by atoms with Crippen LogP contribution in [0.4, 0.5) is 28.7 Å². The minimum Gasteiger partial charge on any atom is -0.393 e. The highest BCUT2D eigenvalue weighted by molar-refractivity contribution is 5.96. The first kappa shape index (κ1) is 17.8. The van der Waals surface area contributed by atoms with Gasteiger partial charge in [0.05, 0.1) is 16.7 Å². The van der Waals surface area contributed by atoms with Crippen molar-refractivity contribution in [2.75, 3.05) is 16.4 Å². The minimum atomic E-state index is 0.419. The molecule has 7 heteroatoms. The van der Waals surface area contributed by atoms with Crippen LogP contribution in [0.15, 0.2) is 73.2 Å². The zero-order valence-corrected chi connectivity index (χ0v) is 16.3. The number of nitrogen functional groups attached to an aromatic ring is 1. The molecule has 7 nitrogen and oxygen atoms in total. The number of benzene rings is 2. The summed E-state index contributed by atoms with van der Waals surface area (Å²) in [7, 11) is 0. The Balaban J connectivity index is 1.51. The first-order valence-corrected chi connectivity index (χ1v) is 9.54. The van der Waals surface area contributed by atoms with Crippen LogP contribution in [0.2, 0.25) is 0 Å². The van der Waals surface area contributed by atoms with E-state index in [1.54, 1.807) is 6.20 Å². The van der Waals surface area contributed by atoms with E-state index in [1.165, 1.54) is 6.33 Å². The van der Waals surface area contributed by atoms with Crippen molar-refractivity contribution in [1.29, 1.82) is 0 Å². The number of nitrogens with one attached hydrogen (secondary N) is 2. The molecule has 30 heavy (non-hydrogen) atoms. The van der Waals surface area contributed by atoms with E-state index in [9.17, 15) is 0 Å². The van der Waals surface area contributed by atoms with Crippen molar-refractivity contribution in [3.63, 3.8) is 0 Å². The maximum absolute atomic E-state index is 6.41. The number of hydrogen-bond donors (Lipinski definition) is 3. The average molecular weight is 393 g/mol. The lowest BCUT2D eigenvalue weighted by Gasteiger charge is -2.14. The van der Waals surface area contributed by atoms with Gasteiger partial charge in [0, 0.05) is 28.4 Å². The SMILES string of the molecule is Cc1ccc2c(Nc3ncnc(Nc4cccc5cccnc45)c3N)cccc2n1. The molecule has 146 valence electrons.